The summed E-state index contributed by atoms with van der Waals surface area (Å²) >= 11 is 0. The maximum Gasteiger partial charge on any atom is 0.0727 e. The molecule has 2 aliphatic rings. The zero-order valence-corrected chi connectivity index (χ0v) is 12.6. The van der Waals surface area contributed by atoms with E-state index < -0.39 is 0 Å². The van der Waals surface area contributed by atoms with Gasteiger partial charge < -0.3 is 9.47 Å². The van der Waals surface area contributed by atoms with Crippen LogP contribution in [-0.2, 0) is 9.47 Å². The molecule has 2 aliphatic heterocycles. The topological polar surface area (TPSA) is 24.9 Å². The maximum atomic E-state index is 5.91. The molecule has 4 heteroatoms. The fourth-order valence-corrected chi connectivity index (χ4v) is 3.18. The molecule has 2 saturated heterocycles. The quantitative estimate of drug-likeness (QED) is 0.732. The molecule has 19 heavy (non-hydrogen) atoms. The highest BCUT2D eigenvalue weighted by atomic mass is 16.5. The molecule has 112 valence electrons. The molecule has 2 rings (SSSR count). The van der Waals surface area contributed by atoms with Crippen molar-refractivity contribution >= 4 is 0 Å². The minimum atomic E-state index is 0.367. The van der Waals surface area contributed by atoms with Crippen LogP contribution in [0, 0.1) is 0 Å². The summed E-state index contributed by atoms with van der Waals surface area (Å²) < 4.78 is 11.8. The SMILES string of the molecule is CCCN1CCOC(CC2CN(CCC)CCO2)C1. The van der Waals surface area contributed by atoms with Crippen LogP contribution in [0.4, 0.5) is 0 Å². The lowest BCUT2D eigenvalue weighted by atomic mass is 10.1. The summed E-state index contributed by atoms with van der Waals surface area (Å²) in [6.07, 6.45) is 4.26. The Labute approximate surface area is 118 Å². The summed E-state index contributed by atoms with van der Waals surface area (Å²) in [5.41, 5.74) is 0. The second-order valence-corrected chi connectivity index (χ2v) is 5.82. The lowest BCUT2D eigenvalue weighted by Gasteiger charge is -2.37. The number of hydrogen-bond acceptors (Lipinski definition) is 4. The Hall–Kier alpha value is -0.160. The van der Waals surface area contributed by atoms with Crippen molar-refractivity contribution in [3.63, 3.8) is 0 Å². The molecular weight excluding hydrogens is 240 g/mol. The van der Waals surface area contributed by atoms with Crippen molar-refractivity contribution in [2.24, 2.45) is 0 Å². The third kappa shape index (κ3) is 5.03. The highest BCUT2D eigenvalue weighted by Crippen LogP contribution is 2.16. The lowest BCUT2D eigenvalue weighted by Crippen LogP contribution is -2.48. The fraction of sp³-hybridized carbons (Fsp3) is 1.00. The van der Waals surface area contributed by atoms with Gasteiger partial charge in [-0.3, -0.25) is 9.80 Å². The van der Waals surface area contributed by atoms with E-state index >= 15 is 0 Å². The van der Waals surface area contributed by atoms with E-state index in [0.717, 1.165) is 45.8 Å². The highest BCUT2D eigenvalue weighted by molar-refractivity contribution is 4.79. The number of nitrogens with zero attached hydrogens (tertiary/aromatic N) is 2. The van der Waals surface area contributed by atoms with Crippen molar-refractivity contribution in [1.82, 2.24) is 9.80 Å². The maximum absolute atomic E-state index is 5.91. The lowest BCUT2D eigenvalue weighted by molar-refractivity contribution is -0.0857. The van der Waals surface area contributed by atoms with E-state index in [0.29, 0.717) is 12.2 Å². The minimum absolute atomic E-state index is 0.367. The van der Waals surface area contributed by atoms with Gasteiger partial charge in [0.1, 0.15) is 0 Å². The summed E-state index contributed by atoms with van der Waals surface area (Å²) in [7, 11) is 0. The Kier molecular flexibility index (Phi) is 6.57. The molecule has 0 bridgehead atoms. The van der Waals surface area contributed by atoms with Gasteiger partial charge in [-0.15, -0.1) is 0 Å². The third-order valence-corrected chi connectivity index (χ3v) is 4.05. The first-order valence-electron chi connectivity index (χ1n) is 7.99. The second-order valence-electron chi connectivity index (χ2n) is 5.82. The van der Waals surface area contributed by atoms with Crippen molar-refractivity contribution < 1.29 is 9.47 Å². The second kappa shape index (κ2) is 8.20. The van der Waals surface area contributed by atoms with Crippen LogP contribution in [0.2, 0.25) is 0 Å². The van der Waals surface area contributed by atoms with E-state index in [2.05, 4.69) is 23.6 Å². The zero-order valence-electron chi connectivity index (χ0n) is 12.6. The Morgan fingerprint density at radius 1 is 0.842 bits per heavy atom. The van der Waals surface area contributed by atoms with Crippen molar-refractivity contribution in [2.75, 3.05) is 52.5 Å². The first-order valence-corrected chi connectivity index (χ1v) is 7.99. The number of rotatable bonds is 6. The predicted octanol–water partition coefficient (Wildman–Crippen LogP) is 1.60. The van der Waals surface area contributed by atoms with Crippen LogP contribution in [-0.4, -0.2) is 74.5 Å². The Morgan fingerprint density at radius 2 is 1.32 bits per heavy atom. The van der Waals surface area contributed by atoms with Crippen LogP contribution in [0.1, 0.15) is 33.1 Å². The van der Waals surface area contributed by atoms with Gasteiger partial charge in [0.05, 0.1) is 25.4 Å². The molecule has 0 aromatic carbocycles. The smallest absolute Gasteiger partial charge is 0.0727 e. The van der Waals surface area contributed by atoms with Crippen LogP contribution in [0.3, 0.4) is 0 Å². The fourth-order valence-electron chi connectivity index (χ4n) is 3.18. The van der Waals surface area contributed by atoms with Gasteiger partial charge in [-0.05, 0) is 25.9 Å². The van der Waals surface area contributed by atoms with E-state index in [1.807, 2.05) is 0 Å². The first-order chi connectivity index (χ1) is 9.31. The molecule has 0 N–H and O–H groups in total. The van der Waals surface area contributed by atoms with Gasteiger partial charge in [0.15, 0.2) is 0 Å². The Bertz CT molecular complexity index is 222. The monoisotopic (exact) mass is 270 g/mol. The van der Waals surface area contributed by atoms with Gasteiger partial charge in [-0.1, -0.05) is 13.8 Å². The number of hydrogen-bond donors (Lipinski definition) is 0. The summed E-state index contributed by atoms with van der Waals surface area (Å²) in [6, 6.07) is 0. The van der Waals surface area contributed by atoms with E-state index in [9.17, 15) is 0 Å². The molecule has 4 nitrogen and oxygen atoms in total. The van der Waals surface area contributed by atoms with Gasteiger partial charge >= 0.3 is 0 Å². The van der Waals surface area contributed by atoms with Gasteiger partial charge in [0, 0.05) is 32.6 Å². The highest BCUT2D eigenvalue weighted by Gasteiger charge is 2.26. The third-order valence-electron chi connectivity index (χ3n) is 4.05. The van der Waals surface area contributed by atoms with Crippen molar-refractivity contribution in [3.05, 3.63) is 0 Å². The van der Waals surface area contributed by atoms with E-state index in [1.165, 1.54) is 25.9 Å². The molecule has 0 amide bonds. The van der Waals surface area contributed by atoms with Gasteiger partial charge in [0.25, 0.3) is 0 Å². The number of morpholine rings is 2. The standard InChI is InChI=1S/C15H30N2O2/c1-3-5-16-7-9-18-14(12-16)11-15-13-17(6-4-2)8-10-19-15/h14-15H,3-13H2,1-2H3. The van der Waals surface area contributed by atoms with Crippen LogP contribution in [0.5, 0.6) is 0 Å². The zero-order chi connectivity index (χ0) is 13.5. The minimum Gasteiger partial charge on any atom is -0.375 e. The molecular formula is C15H30N2O2. The van der Waals surface area contributed by atoms with Crippen molar-refractivity contribution in [2.45, 2.75) is 45.3 Å². The molecule has 0 aliphatic carbocycles. The normalized spacial score (nSPS) is 30.6. The molecule has 2 atom stereocenters. The van der Waals surface area contributed by atoms with Crippen molar-refractivity contribution in [1.29, 1.82) is 0 Å². The summed E-state index contributed by atoms with van der Waals surface area (Å²) in [6.45, 7) is 13.0. The molecule has 0 aromatic heterocycles. The van der Waals surface area contributed by atoms with E-state index in [4.69, 9.17) is 9.47 Å². The van der Waals surface area contributed by atoms with Crippen LogP contribution >= 0.6 is 0 Å². The van der Waals surface area contributed by atoms with Crippen LogP contribution in [0.25, 0.3) is 0 Å². The predicted molar refractivity (Wildman–Crippen MR) is 77.6 cm³/mol. The number of ether oxygens (including phenoxy) is 2. The molecule has 0 spiro atoms. The molecule has 0 saturated carbocycles. The van der Waals surface area contributed by atoms with Crippen LogP contribution in [0.15, 0.2) is 0 Å². The van der Waals surface area contributed by atoms with E-state index in [-0.39, 0.29) is 0 Å². The molecule has 2 fully saturated rings. The van der Waals surface area contributed by atoms with Gasteiger partial charge in [-0.2, -0.15) is 0 Å². The Balaban J connectivity index is 1.73. The van der Waals surface area contributed by atoms with Crippen LogP contribution < -0.4 is 0 Å². The van der Waals surface area contributed by atoms with E-state index in [1.54, 1.807) is 0 Å². The Morgan fingerprint density at radius 3 is 1.74 bits per heavy atom. The summed E-state index contributed by atoms with van der Waals surface area (Å²) in [5, 5.41) is 0. The average molecular weight is 270 g/mol. The molecule has 0 aromatic rings. The van der Waals surface area contributed by atoms with Gasteiger partial charge in [0.2, 0.25) is 0 Å². The summed E-state index contributed by atoms with van der Waals surface area (Å²) in [4.78, 5) is 5.06. The molecule has 2 unspecified atom stereocenters. The largest absolute Gasteiger partial charge is 0.375 e. The van der Waals surface area contributed by atoms with Gasteiger partial charge in [-0.25, -0.2) is 0 Å². The first kappa shape index (κ1) is 15.2. The molecule has 2 heterocycles. The summed E-state index contributed by atoms with van der Waals surface area (Å²) in [5.74, 6) is 0. The van der Waals surface area contributed by atoms with Crippen molar-refractivity contribution in [3.8, 4) is 0 Å². The average Bonchev–Trinajstić information content (AvgIpc) is 2.40. The molecule has 0 radical (unpaired) electrons.